The topological polar surface area (TPSA) is 183 Å². The Labute approximate surface area is 342 Å². The second kappa shape index (κ2) is 16.3. The number of amides is 5. The van der Waals surface area contributed by atoms with Crippen LogP contribution in [0, 0.1) is 6.92 Å². The molecule has 5 amide bonds. The number of aryl methyl sites for hydroxylation is 1. The van der Waals surface area contributed by atoms with Crippen LogP contribution in [0.1, 0.15) is 90.3 Å². The van der Waals surface area contributed by atoms with Gasteiger partial charge in [-0.1, -0.05) is 29.8 Å². The Morgan fingerprint density at radius 1 is 0.914 bits per heavy atom. The van der Waals surface area contributed by atoms with Crippen LogP contribution in [-0.2, 0) is 21.2 Å². The van der Waals surface area contributed by atoms with Gasteiger partial charge in [0.15, 0.2) is 15.7 Å². The number of aromatic nitrogens is 2. The molecule has 0 radical (unpaired) electrons. The first-order valence-electron chi connectivity index (χ1n) is 19.2. The lowest BCUT2D eigenvalue weighted by Crippen LogP contribution is -2.58. The Kier molecular flexibility index (Phi) is 11.4. The van der Waals surface area contributed by atoms with Gasteiger partial charge >= 0.3 is 6.03 Å². The van der Waals surface area contributed by atoms with E-state index in [0.717, 1.165) is 47.1 Å². The van der Waals surface area contributed by atoms with E-state index in [4.69, 9.17) is 16.3 Å². The smallest absolute Gasteiger partial charge is 0.343 e. The Morgan fingerprint density at radius 2 is 1.64 bits per heavy atom. The fraction of sp³-hybridized carbons (Fsp3) is 0.366. The van der Waals surface area contributed by atoms with Crippen molar-refractivity contribution >= 4 is 68.3 Å². The number of fused-ring (bicyclic) bond motifs is 1. The summed E-state index contributed by atoms with van der Waals surface area (Å²) in [6, 6.07) is 15.1. The molecule has 0 bridgehead atoms. The molecule has 3 aliphatic heterocycles. The van der Waals surface area contributed by atoms with Gasteiger partial charge in [-0.15, -0.1) is 0 Å². The average Bonchev–Trinajstić information content (AvgIpc) is 3.42. The summed E-state index contributed by atoms with van der Waals surface area (Å²) in [5, 5.41) is 9.96. The molecule has 7 rings (SSSR count). The van der Waals surface area contributed by atoms with Crippen molar-refractivity contribution in [1.29, 1.82) is 0 Å². The van der Waals surface area contributed by atoms with Crippen molar-refractivity contribution < 1.29 is 32.3 Å². The van der Waals surface area contributed by atoms with E-state index < -0.39 is 38.8 Å². The first kappa shape index (κ1) is 40.6. The van der Waals surface area contributed by atoms with Gasteiger partial charge in [0, 0.05) is 13.0 Å². The van der Waals surface area contributed by atoms with Crippen molar-refractivity contribution in [3.8, 4) is 5.75 Å². The predicted octanol–water partition coefficient (Wildman–Crippen LogP) is 6.73. The third kappa shape index (κ3) is 8.22. The number of nitrogens with one attached hydrogen (secondary N) is 3. The van der Waals surface area contributed by atoms with Crippen molar-refractivity contribution in [2.75, 3.05) is 30.3 Å². The molecule has 0 spiro atoms. The number of hydrogen-bond donors (Lipinski definition) is 3. The summed E-state index contributed by atoms with van der Waals surface area (Å²) < 4.78 is 32.4. The molecule has 4 heterocycles. The zero-order chi connectivity index (χ0) is 41.5. The maximum atomic E-state index is 13.3. The van der Waals surface area contributed by atoms with Crippen LogP contribution in [0.3, 0.4) is 0 Å². The number of carbonyl (C=O) groups is 4. The highest BCUT2D eigenvalue weighted by Crippen LogP contribution is 2.39. The van der Waals surface area contributed by atoms with Crippen molar-refractivity contribution in [2.45, 2.75) is 82.6 Å². The lowest BCUT2D eigenvalue weighted by Gasteiger charge is -2.33. The van der Waals surface area contributed by atoms with Gasteiger partial charge in [0.05, 0.1) is 51.5 Å². The van der Waals surface area contributed by atoms with Gasteiger partial charge in [-0.2, -0.15) is 9.99 Å². The second-order valence-corrected chi connectivity index (χ2v) is 18.1. The predicted molar refractivity (Wildman–Crippen MR) is 218 cm³/mol. The fourth-order valence-electron chi connectivity index (χ4n) is 7.43. The highest BCUT2D eigenvalue weighted by atomic mass is 35.5. The molecule has 0 aliphatic carbocycles. The molecule has 2 saturated heterocycles. The second-order valence-electron chi connectivity index (χ2n) is 15.2. The minimum absolute atomic E-state index is 0.00240. The number of imide groups is 2. The van der Waals surface area contributed by atoms with Gasteiger partial charge in [-0.05, 0) is 120 Å². The van der Waals surface area contributed by atoms with Crippen molar-refractivity contribution in [3.05, 3.63) is 93.6 Å². The van der Waals surface area contributed by atoms with E-state index in [1.54, 1.807) is 50.2 Å². The summed E-state index contributed by atoms with van der Waals surface area (Å²) in [6.45, 7) is 11.4. The molecule has 17 heteroatoms. The van der Waals surface area contributed by atoms with Crippen molar-refractivity contribution in [2.24, 2.45) is 0 Å². The Hall–Kier alpha value is -5.58. The number of para-hydroxylation sites is 1. The largest absolute Gasteiger partial charge is 0.489 e. The van der Waals surface area contributed by atoms with Crippen LogP contribution < -0.4 is 20.7 Å². The number of likely N-dealkylation sites (tertiary alicyclic amines) is 1. The number of nitrogens with zero attached hydrogens (tertiary/aromatic N) is 5. The van der Waals surface area contributed by atoms with Gasteiger partial charge in [-0.25, -0.2) is 23.2 Å². The molecular weight excluding hydrogens is 784 g/mol. The number of ether oxygens (including phenoxy) is 1. The molecule has 3 aliphatic rings. The Bertz CT molecular complexity index is 2420. The first-order chi connectivity index (χ1) is 27.6. The lowest BCUT2D eigenvalue weighted by molar-refractivity contribution is -0.122. The molecule has 58 heavy (non-hydrogen) atoms. The number of piperidine rings is 1. The maximum Gasteiger partial charge on any atom is 0.343 e. The number of hydrazine groups is 1. The number of anilines is 4. The van der Waals surface area contributed by atoms with Crippen LogP contribution in [0.25, 0.3) is 0 Å². The number of sulfone groups is 1. The summed E-state index contributed by atoms with van der Waals surface area (Å²) in [4.78, 5) is 61.9. The molecule has 4 aromatic rings. The normalized spacial score (nSPS) is 16.6. The monoisotopic (exact) mass is 828 g/mol. The third-order valence-electron chi connectivity index (χ3n) is 10.4. The number of benzene rings is 3. The molecule has 304 valence electrons. The summed E-state index contributed by atoms with van der Waals surface area (Å²) in [6.07, 6.45) is 3.10. The van der Waals surface area contributed by atoms with Crippen LogP contribution in [-0.4, -0.2) is 88.0 Å². The number of urea groups is 1. The van der Waals surface area contributed by atoms with Crippen LogP contribution in [0.2, 0.25) is 5.02 Å². The molecular formula is C41H45ClN8O7S. The van der Waals surface area contributed by atoms with Crippen LogP contribution in [0.4, 0.5) is 27.9 Å². The van der Waals surface area contributed by atoms with Gasteiger partial charge in [0.1, 0.15) is 10.8 Å². The number of hydrogen-bond acceptors (Lipinski definition) is 12. The summed E-state index contributed by atoms with van der Waals surface area (Å²) in [5.74, 6) is -0.241. The van der Waals surface area contributed by atoms with Crippen LogP contribution >= 0.6 is 11.6 Å². The van der Waals surface area contributed by atoms with E-state index in [2.05, 4.69) is 43.8 Å². The van der Waals surface area contributed by atoms with Crippen molar-refractivity contribution in [1.82, 2.24) is 30.2 Å². The minimum Gasteiger partial charge on any atom is -0.489 e. The van der Waals surface area contributed by atoms with E-state index in [1.165, 1.54) is 11.8 Å². The highest BCUT2D eigenvalue weighted by molar-refractivity contribution is 7.92. The molecule has 3 N–H and O–H groups in total. The van der Waals surface area contributed by atoms with E-state index in [1.807, 2.05) is 26.0 Å². The maximum absolute atomic E-state index is 13.3. The van der Waals surface area contributed by atoms with Gasteiger partial charge in [0.2, 0.25) is 11.9 Å². The summed E-state index contributed by atoms with van der Waals surface area (Å²) in [7, 11) is -3.59. The molecule has 2 fully saturated rings. The number of halogens is 1. The van der Waals surface area contributed by atoms with E-state index >= 15 is 0 Å². The molecule has 3 aromatic carbocycles. The van der Waals surface area contributed by atoms with E-state index in [0.29, 0.717) is 23.7 Å². The summed E-state index contributed by atoms with van der Waals surface area (Å²) in [5.41, 5.74) is 4.61. The quantitative estimate of drug-likeness (QED) is 0.128. The van der Waals surface area contributed by atoms with Gasteiger partial charge < -0.3 is 15.4 Å². The highest BCUT2D eigenvalue weighted by Gasteiger charge is 2.43. The Balaban J connectivity index is 1.03. The molecule has 0 saturated carbocycles. The fourth-order valence-corrected chi connectivity index (χ4v) is 8.77. The van der Waals surface area contributed by atoms with Crippen molar-refractivity contribution in [3.63, 3.8) is 0 Å². The average molecular weight is 829 g/mol. The molecule has 0 unspecified atom stereocenters. The number of rotatable bonds is 12. The number of carbonyl (C=O) groups excluding carboxylic acids is 4. The first-order valence-corrected chi connectivity index (χ1v) is 21.1. The third-order valence-corrected chi connectivity index (χ3v) is 12.9. The molecule has 15 nitrogen and oxygen atoms in total. The van der Waals surface area contributed by atoms with Gasteiger partial charge in [-0.3, -0.25) is 24.6 Å². The molecule has 0 atom stereocenters. The van der Waals surface area contributed by atoms with E-state index in [9.17, 15) is 27.6 Å². The Morgan fingerprint density at radius 3 is 2.34 bits per heavy atom. The standard InChI is InChI=1S/C41H45ClN8O7S/c1-23(2)57-34-20-29(25(5)18-33(34)45-40-43-21-31(42)37(47-40)44-32-8-6-7-9-35(32)58(55,56)24(3)4)27-12-15-48(16-13-27)22-26-10-11-28-30(19-26)39(53)50(38(28)52)49-17-14-36(51)46-41(49)54/h6-11,18-21,23-24,27H,12-17,22H2,1-5H3,(H,46,51,54)(H2,43,44,45,47). The minimum atomic E-state index is -3.59. The van der Waals surface area contributed by atoms with Crippen LogP contribution in [0.5, 0.6) is 5.75 Å². The van der Waals surface area contributed by atoms with Gasteiger partial charge in [0.25, 0.3) is 11.8 Å². The zero-order valence-corrected chi connectivity index (χ0v) is 34.4. The lowest BCUT2D eigenvalue weighted by atomic mass is 9.86. The van der Waals surface area contributed by atoms with Crippen LogP contribution in [0.15, 0.2) is 65.7 Å². The van der Waals surface area contributed by atoms with E-state index in [-0.39, 0.29) is 57.8 Å². The molecule has 1 aromatic heterocycles. The summed E-state index contributed by atoms with van der Waals surface area (Å²) >= 11 is 6.50. The SMILES string of the molecule is Cc1cc(Nc2ncc(Cl)c(Nc3ccccc3S(=O)(=O)C(C)C)n2)c(OC(C)C)cc1C1CCN(Cc2ccc3c(c2)C(=O)N(N2CCC(=O)NC2=O)C3=O)CC1. The zero-order valence-electron chi connectivity index (χ0n) is 32.8.